The third-order valence-corrected chi connectivity index (χ3v) is 5.93. The number of carbonyl (C=O) groups excluding carboxylic acids is 2. The number of fused-ring (bicyclic) bond motifs is 1. The van der Waals surface area contributed by atoms with Crippen molar-refractivity contribution in [3.8, 4) is 5.75 Å². The van der Waals surface area contributed by atoms with Crippen molar-refractivity contribution in [2.75, 3.05) is 19.0 Å². The molecule has 1 atom stereocenters. The molecule has 0 spiro atoms. The summed E-state index contributed by atoms with van der Waals surface area (Å²) in [5.41, 5.74) is 2.53. The maximum atomic E-state index is 12.5. The van der Waals surface area contributed by atoms with Crippen molar-refractivity contribution in [3.05, 3.63) is 53.6 Å². The third-order valence-electron chi connectivity index (χ3n) is 5.00. The van der Waals surface area contributed by atoms with Crippen LogP contribution >= 0.6 is 0 Å². The summed E-state index contributed by atoms with van der Waals surface area (Å²) in [4.78, 5) is 25.5. The van der Waals surface area contributed by atoms with Gasteiger partial charge in [-0.1, -0.05) is 12.1 Å². The van der Waals surface area contributed by atoms with Crippen molar-refractivity contribution < 1.29 is 22.7 Å². The number of nitrogens with two attached hydrogens (primary N) is 1. The molecule has 2 amide bonds. The fourth-order valence-corrected chi connectivity index (χ4v) is 3.59. The SMILES string of the molecule is CC(c1ccc(S(N)(=O)=O)cc1)N(C)C(=O)COc1ccc2c(c1)CCC(=O)N2. The number of sulfonamides is 1. The first-order chi connectivity index (χ1) is 13.6. The summed E-state index contributed by atoms with van der Waals surface area (Å²) in [6, 6.07) is 11.1. The van der Waals surface area contributed by atoms with Gasteiger partial charge in [-0.05, 0) is 54.8 Å². The van der Waals surface area contributed by atoms with Crippen LogP contribution in [0.25, 0.3) is 0 Å². The summed E-state index contributed by atoms with van der Waals surface area (Å²) in [6.45, 7) is 1.70. The smallest absolute Gasteiger partial charge is 0.260 e. The van der Waals surface area contributed by atoms with Crippen molar-refractivity contribution in [3.63, 3.8) is 0 Å². The molecule has 3 N–H and O–H groups in total. The third kappa shape index (κ3) is 4.93. The number of hydrogen-bond donors (Lipinski definition) is 2. The number of nitrogens with zero attached hydrogens (tertiary/aromatic N) is 1. The Labute approximate surface area is 169 Å². The number of primary sulfonamides is 1. The van der Waals surface area contributed by atoms with Crippen molar-refractivity contribution >= 4 is 27.5 Å². The molecular formula is C20H23N3O5S. The van der Waals surface area contributed by atoms with E-state index in [1.54, 1.807) is 31.3 Å². The van der Waals surface area contributed by atoms with Gasteiger partial charge in [-0.25, -0.2) is 13.6 Å². The number of amides is 2. The minimum absolute atomic E-state index is 0.00551. The summed E-state index contributed by atoms with van der Waals surface area (Å²) in [7, 11) is -2.10. The van der Waals surface area contributed by atoms with Gasteiger partial charge in [0.1, 0.15) is 5.75 Å². The van der Waals surface area contributed by atoms with Crippen LogP contribution in [0.15, 0.2) is 47.4 Å². The van der Waals surface area contributed by atoms with Gasteiger partial charge in [0, 0.05) is 19.2 Å². The second-order valence-corrected chi connectivity index (χ2v) is 8.51. The van der Waals surface area contributed by atoms with E-state index in [1.807, 2.05) is 13.0 Å². The molecule has 3 rings (SSSR count). The lowest BCUT2D eigenvalue weighted by atomic mass is 10.0. The summed E-state index contributed by atoms with van der Waals surface area (Å²) in [5.74, 6) is 0.333. The minimum atomic E-state index is -3.75. The Balaban J connectivity index is 1.61. The molecule has 1 aliphatic rings. The molecule has 1 heterocycles. The molecule has 154 valence electrons. The van der Waals surface area contributed by atoms with Crippen molar-refractivity contribution in [1.82, 2.24) is 4.90 Å². The van der Waals surface area contributed by atoms with Crippen molar-refractivity contribution in [1.29, 1.82) is 0 Å². The highest BCUT2D eigenvalue weighted by Gasteiger charge is 2.20. The van der Waals surface area contributed by atoms with Gasteiger partial charge in [0.25, 0.3) is 5.91 Å². The molecule has 0 fully saturated rings. The molecule has 0 aromatic heterocycles. The molecule has 9 heteroatoms. The van der Waals surface area contributed by atoms with E-state index in [2.05, 4.69) is 5.32 Å². The molecule has 0 saturated carbocycles. The van der Waals surface area contributed by atoms with E-state index in [9.17, 15) is 18.0 Å². The van der Waals surface area contributed by atoms with Gasteiger partial charge in [0.05, 0.1) is 10.9 Å². The van der Waals surface area contributed by atoms with Crippen LogP contribution in [0.4, 0.5) is 5.69 Å². The van der Waals surface area contributed by atoms with Crippen molar-refractivity contribution in [2.45, 2.75) is 30.7 Å². The van der Waals surface area contributed by atoms with Gasteiger partial charge in [-0.3, -0.25) is 9.59 Å². The van der Waals surface area contributed by atoms with Crippen LogP contribution in [0, 0.1) is 0 Å². The van der Waals surface area contributed by atoms with Gasteiger partial charge in [0.15, 0.2) is 6.61 Å². The number of likely N-dealkylation sites (N-methyl/N-ethyl adjacent to an activating group) is 1. The van der Waals surface area contributed by atoms with Crippen LogP contribution < -0.4 is 15.2 Å². The summed E-state index contributed by atoms with van der Waals surface area (Å²) in [6.07, 6.45) is 1.07. The molecule has 0 aliphatic carbocycles. The van der Waals surface area contributed by atoms with Gasteiger partial charge in [-0.15, -0.1) is 0 Å². The highest BCUT2D eigenvalue weighted by Crippen LogP contribution is 2.27. The molecular weight excluding hydrogens is 394 g/mol. The minimum Gasteiger partial charge on any atom is -0.484 e. The molecule has 1 aliphatic heterocycles. The topological polar surface area (TPSA) is 119 Å². The number of aryl methyl sites for hydroxylation is 1. The molecule has 0 radical (unpaired) electrons. The zero-order chi connectivity index (χ0) is 21.2. The first-order valence-electron chi connectivity index (χ1n) is 9.09. The number of benzene rings is 2. The first-order valence-corrected chi connectivity index (χ1v) is 10.6. The van der Waals surface area contributed by atoms with Gasteiger partial charge in [0.2, 0.25) is 15.9 Å². The van der Waals surface area contributed by atoms with E-state index in [-0.39, 0.29) is 29.4 Å². The Kier molecular flexibility index (Phi) is 5.90. The average molecular weight is 417 g/mol. The summed E-state index contributed by atoms with van der Waals surface area (Å²) >= 11 is 0. The van der Waals surface area contributed by atoms with Crippen LogP contribution in [-0.2, 0) is 26.0 Å². The second-order valence-electron chi connectivity index (χ2n) is 6.95. The predicted molar refractivity (Wildman–Crippen MR) is 108 cm³/mol. The Morgan fingerprint density at radius 2 is 1.90 bits per heavy atom. The van der Waals surface area contributed by atoms with Crippen LogP contribution in [0.3, 0.4) is 0 Å². The Morgan fingerprint density at radius 3 is 2.55 bits per heavy atom. The zero-order valence-corrected chi connectivity index (χ0v) is 17.0. The molecule has 0 saturated heterocycles. The average Bonchev–Trinajstić information content (AvgIpc) is 2.70. The normalized spacial score (nSPS) is 14.5. The first kappa shape index (κ1) is 20.8. The van der Waals surface area contributed by atoms with Crippen LogP contribution in [0.1, 0.15) is 30.5 Å². The highest BCUT2D eigenvalue weighted by atomic mass is 32.2. The molecule has 1 unspecified atom stereocenters. The highest BCUT2D eigenvalue weighted by molar-refractivity contribution is 7.89. The number of carbonyl (C=O) groups is 2. The van der Waals surface area contributed by atoms with E-state index in [0.717, 1.165) is 16.8 Å². The number of nitrogens with one attached hydrogen (secondary N) is 1. The molecule has 8 nitrogen and oxygen atoms in total. The van der Waals surface area contributed by atoms with E-state index in [0.29, 0.717) is 18.6 Å². The molecule has 2 aromatic carbocycles. The largest absolute Gasteiger partial charge is 0.484 e. The summed E-state index contributed by atoms with van der Waals surface area (Å²) < 4.78 is 28.3. The van der Waals surface area contributed by atoms with Crippen molar-refractivity contribution in [2.24, 2.45) is 5.14 Å². The van der Waals surface area contributed by atoms with E-state index >= 15 is 0 Å². The van der Waals surface area contributed by atoms with E-state index in [1.165, 1.54) is 17.0 Å². The quantitative estimate of drug-likeness (QED) is 0.743. The van der Waals surface area contributed by atoms with Gasteiger partial charge < -0.3 is 15.0 Å². The number of ether oxygens (including phenoxy) is 1. The standard InChI is InChI=1S/C20H23N3O5S/c1-13(14-3-7-17(8-4-14)29(21,26)27)23(2)20(25)12-28-16-6-9-18-15(11-16)5-10-19(24)22-18/h3-4,6-9,11,13H,5,10,12H2,1-2H3,(H,22,24)(H2,21,26,27). The fraction of sp³-hybridized carbons (Fsp3) is 0.300. The zero-order valence-electron chi connectivity index (χ0n) is 16.2. The molecule has 29 heavy (non-hydrogen) atoms. The van der Waals surface area contributed by atoms with Gasteiger partial charge >= 0.3 is 0 Å². The lowest BCUT2D eigenvalue weighted by molar-refractivity contribution is -0.134. The Hall–Kier alpha value is -2.91. The maximum absolute atomic E-state index is 12.5. The van der Waals surface area contributed by atoms with Crippen LogP contribution in [0.5, 0.6) is 5.75 Å². The molecule has 0 bridgehead atoms. The van der Waals surface area contributed by atoms with Gasteiger partial charge in [-0.2, -0.15) is 0 Å². The Bertz CT molecular complexity index is 1030. The number of rotatable bonds is 6. The lowest BCUT2D eigenvalue weighted by Crippen LogP contribution is -2.33. The van der Waals surface area contributed by atoms with E-state index < -0.39 is 10.0 Å². The number of anilines is 1. The van der Waals surface area contributed by atoms with Crippen LogP contribution in [-0.4, -0.2) is 38.8 Å². The predicted octanol–water partition coefficient (Wildman–Crippen LogP) is 1.82. The monoisotopic (exact) mass is 417 g/mol. The fourth-order valence-electron chi connectivity index (χ4n) is 3.07. The molecule has 2 aromatic rings. The Morgan fingerprint density at radius 1 is 1.21 bits per heavy atom. The lowest BCUT2D eigenvalue weighted by Gasteiger charge is -2.25. The number of hydrogen-bond acceptors (Lipinski definition) is 5. The van der Waals surface area contributed by atoms with E-state index in [4.69, 9.17) is 9.88 Å². The second kappa shape index (κ2) is 8.22. The summed E-state index contributed by atoms with van der Waals surface area (Å²) in [5, 5.41) is 7.91. The van der Waals surface area contributed by atoms with Crippen LogP contribution in [0.2, 0.25) is 0 Å². The maximum Gasteiger partial charge on any atom is 0.260 e.